The summed E-state index contributed by atoms with van der Waals surface area (Å²) in [5.74, 6) is -0.139. The molecule has 0 radical (unpaired) electrons. The first-order chi connectivity index (χ1) is 9.87. The first-order valence-electron chi connectivity index (χ1n) is 7.31. The van der Waals surface area contributed by atoms with E-state index in [9.17, 15) is 9.18 Å². The maximum atomic E-state index is 14.1. The van der Waals surface area contributed by atoms with Crippen LogP contribution < -0.4 is 10.6 Å². The van der Waals surface area contributed by atoms with Crippen LogP contribution in [0.1, 0.15) is 38.8 Å². The van der Waals surface area contributed by atoms with Crippen molar-refractivity contribution in [2.45, 2.75) is 38.8 Å². The Hall–Kier alpha value is -1.62. The third-order valence-corrected chi connectivity index (χ3v) is 3.48. The van der Waals surface area contributed by atoms with E-state index in [1.807, 2.05) is 20.8 Å². The summed E-state index contributed by atoms with van der Waals surface area (Å²) in [5, 5.41) is 6.08. The first kappa shape index (κ1) is 15.8. The lowest BCUT2D eigenvalue weighted by atomic mass is 9.92. The van der Waals surface area contributed by atoms with Gasteiger partial charge in [-0.15, -0.1) is 0 Å². The molecular formula is C16H23FN2O2. The van der Waals surface area contributed by atoms with Crippen LogP contribution in [-0.4, -0.2) is 24.8 Å². The molecular weight excluding hydrogens is 271 g/mol. The van der Waals surface area contributed by atoms with Gasteiger partial charge in [-0.2, -0.15) is 0 Å². The van der Waals surface area contributed by atoms with Crippen LogP contribution in [0.4, 0.5) is 9.18 Å². The van der Waals surface area contributed by atoms with Crippen LogP contribution in [0, 0.1) is 11.7 Å². The fraction of sp³-hybridized carbons (Fsp3) is 0.562. The highest BCUT2D eigenvalue weighted by Crippen LogP contribution is 2.29. The van der Waals surface area contributed by atoms with Gasteiger partial charge in [0.2, 0.25) is 0 Å². The molecule has 1 saturated heterocycles. The van der Waals surface area contributed by atoms with Gasteiger partial charge in [0.1, 0.15) is 11.4 Å². The van der Waals surface area contributed by atoms with Gasteiger partial charge in [0.15, 0.2) is 0 Å². The minimum Gasteiger partial charge on any atom is -0.444 e. The highest BCUT2D eigenvalue weighted by atomic mass is 19.1. The highest BCUT2D eigenvalue weighted by molar-refractivity contribution is 5.68. The molecule has 0 bridgehead atoms. The first-order valence-corrected chi connectivity index (χ1v) is 7.31. The Morgan fingerprint density at radius 3 is 2.71 bits per heavy atom. The molecule has 2 atom stereocenters. The van der Waals surface area contributed by atoms with E-state index in [0.717, 1.165) is 19.5 Å². The summed E-state index contributed by atoms with van der Waals surface area (Å²) < 4.78 is 19.4. The predicted octanol–water partition coefficient (Wildman–Crippen LogP) is 3.00. The van der Waals surface area contributed by atoms with Crippen LogP contribution in [0.2, 0.25) is 0 Å². The van der Waals surface area contributed by atoms with E-state index in [1.165, 1.54) is 6.07 Å². The monoisotopic (exact) mass is 294 g/mol. The molecule has 2 rings (SSSR count). The third kappa shape index (κ3) is 4.43. The van der Waals surface area contributed by atoms with Crippen molar-refractivity contribution < 1.29 is 13.9 Å². The molecule has 1 amide bonds. The molecule has 1 aromatic rings. The molecule has 5 heteroatoms. The Balaban J connectivity index is 2.17. The second-order valence-electron chi connectivity index (χ2n) is 6.40. The number of ether oxygens (including phenoxy) is 1. The quantitative estimate of drug-likeness (QED) is 0.901. The van der Waals surface area contributed by atoms with E-state index in [4.69, 9.17) is 4.74 Å². The van der Waals surface area contributed by atoms with Crippen LogP contribution >= 0.6 is 0 Å². The van der Waals surface area contributed by atoms with Gasteiger partial charge in [-0.05, 0) is 45.7 Å². The lowest BCUT2D eigenvalue weighted by molar-refractivity contribution is 0.0486. The summed E-state index contributed by atoms with van der Waals surface area (Å²) in [5.41, 5.74) is -0.0605. The van der Waals surface area contributed by atoms with Crippen LogP contribution in [0.15, 0.2) is 24.3 Å². The summed E-state index contributed by atoms with van der Waals surface area (Å²) >= 11 is 0. The summed E-state index contributed by atoms with van der Waals surface area (Å²) in [6.07, 6.45) is 0.386. The van der Waals surface area contributed by atoms with E-state index in [-0.39, 0.29) is 17.8 Å². The number of benzene rings is 1. The van der Waals surface area contributed by atoms with Gasteiger partial charge in [-0.25, -0.2) is 9.18 Å². The van der Waals surface area contributed by atoms with Gasteiger partial charge in [0.25, 0.3) is 0 Å². The number of hydrogen-bond donors (Lipinski definition) is 2. The van der Waals surface area contributed by atoms with Crippen molar-refractivity contribution in [2.24, 2.45) is 5.92 Å². The van der Waals surface area contributed by atoms with Crippen molar-refractivity contribution in [1.82, 2.24) is 10.6 Å². The Kier molecular flexibility index (Phi) is 4.83. The summed E-state index contributed by atoms with van der Waals surface area (Å²) in [7, 11) is 0. The van der Waals surface area contributed by atoms with Crippen molar-refractivity contribution in [2.75, 3.05) is 13.1 Å². The zero-order chi connectivity index (χ0) is 15.5. The number of alkyl carbamates (subject to hydrolysis) is 1. The molecule has 1 aliphatic rings. The van der Waals surface area contributed by atoms with Gasteiger partial charge < -0.3 is 15.4 Å². The number of nitrogens with one attached hydrogen (secondary N) is 2. The lowest BCUT2D eigenvalue weighted by Gasteiger charge is -2.27. The minimum atomic E-state index is -0.572. The second kappa shape index (κ2) is 6.43. The molecule has 0 saturated carbocycles. The molecule has 0 aliphatic carbocycles. The Bertz CT molecular complexity index is 493. The number of hydrogen-bond acceptors (Lipinski definition) is 3. The minimum absolute atomic E-state index is 0.161. The van der Waals surface area contributed by atoms with Crippen LogP contribution in [0.3, 0.4) is 0 Å². The van der Waals surface area contributed by atoms with Crippen molar-refractivity contribution in [1.29, 1.82) is 0 Å². The van der Waals surface area contributed by atoms with Crippen LogP contribution in [0.25, 0.3) is 0 Å². The molecule has 4 nitrogen and oxygen atoms in total. The zero-order valence-corrected chi connectivity index (χ0v) is 12.8. The van der Waals surface area contributed by atoms with Crippen molar-refractivity contribution in [3.05, 3.63) is 35.6 Å². The highest BCUT2D eigenvalue weighted by Gasteiger charge is 2.30. The van der Waals surface area contributed by atoms with Gasteiger partial charge in [0, 0.05) is 12.1 Å². The number of rotatable bonds is 3. The fourth-order valence-electron chi connectivity index (χ4n) is 2.57. The van der Waals surface area contributed by atoms with Gasteiger partial charge in [-0.3, -0.25) is 0 Å². The SMILES string of the molecule is CC(C)(C)OC(=O)NC(c1ccccc1F)C1CCNC1. The van der Waals surface area contributed by atoms with Crippen LogP contribution in [0.5, 0.6) is 0 Å². The largest absolute Gasteiger partial charge is 0.444 e. The Labute approximate surface area is 125 Å². The summed E-state index contributed by atoms with van der Waals surface area (Å²) in [6.45, 7) is 7.06. The van der Waals surface area contributed by atoms with Gasteiger partial charge in [0.05, 0.1) is 6.04 Å². The van der Waals surface area contributed by atoms with E-state index >= 15 is 0 Å². The number of halogens is 1. The fourth-order valence-corrected chi connectivity index (χ4v) is 2.57. The smallest absolute Gasteiger partial charge is 0.408 e. The van der Waals surface area contributed by atoms with E-state index < -0.39 is 11.7 Å². The summed E-state index contributed by atoms with van der Waals surface area (Å²) in [6, 6.07) is 6.19. The average molecular weight is 294 g/mol. The number of amides is 1. The molecule has 1 heterocycles. The molecule has 21 heavy (non-hydrogen) atoms. The second-order valence-corrected chi connectivity index (χ2v) is 6.40. The molecule has 0 spiro atoms. The van der Waals surface area contributed by atoms with Crippen molar-refractivity contribution in [3.63, 3.8) is 0 Å². The molecule has 1 fully saturated rings. The summed E-state index contributed by atoms with van der Waals surface area (Å²) in [4.78, 5) is 12.0. The molecule has 1 aliphatic heterocycles. The van der Waals surface area contributed by atoms with E-state index in [2.05, 4.69) is 10.6 Å². The maximum Gasteiger partial charge on any atom is 0.408 e. The normalized spacial score (nSPS) is 20.1. The van der Waals surface area contributed by atoms with E-state index in [0.29, 0.717) is 5.56 Å². The van der Waals surface area contributed by atoms with Crippen molar-refractivity contribution in [3.8, 4) is 0 Å². The third-order valence-electron chi connectivity index (χ3n) is 3.48. The standard InChI is InChI=1S/C16H23FN2O2/c1-16(2,3)21-15(20)19-14(11-8-9-18-10-11)12-6-4-5-7-13(12)17/h4-7,11,14,18H,8-10H2,1-3H3,(H,19,20). The predicted molar refractivity (Wildman–Crippen MR) is 79.5 cm³/mol. The molecule has 1 aromatic carbocycles. The van der Waals surface area contributed by atoms with Gasteiger partial charge >= 0.3 is 6.09 Å². The number of carbonyl (C=O) groups is 1. The Morgan fingerprint density at radius 2 is 2.14 bits per heavy atom. The Morgan fingerprint density at radius 1 is 1.43 bits per heavy atom. The molecule has 2 unspecified atom stereocenters. The molecule has 116 valence electrons. The molecule has 2 N–H and O–H groups in total. The van der Waals surface area contributed by atoms with Gasteiger partial charge in [-0.1, -0.05) is 18.2 Å². The van der Waals surface area contributed by atoms with Crippen molar-refractivity contribution >= 4 is 6.09 Å². The van der Waals surface area contributed by atoms with Crippen LogP contribution in [-0.2, 0) is 4.74 Å². The van der Waals surface area contributed by atoms with E-state index in [1.54, 1.807) is 18.2 Å². The number of carbonyl (C=O) groups excluding carboxylic acids is 1. The zero-order valence-electron chi connectivity index (χ0n) is 12.8. The average Bonchev–Trinajstić information content (AvgIpc) is 2.88. The topological polar surface area (TPSA) is 50.4 Å². The maximum absolute atomic E-state index is 14.1. The lowest BCUT2D eigenvalue weighted by Crippen LogP contribution is -2.38. The molecule has 0 aromatic heterocycles.